The SMILES string of the molecule is CC(C)N1CCN(C(=O)c2ccc(Nc3ccc(-c4cc[nH]c(=O)c4)n4ccnc34)cc2)CC1. The highest BCUT2D eigenvalue weighted by Gasteiger charge is 2.23. The van der Waals surface area contributed by atoms with Gasteiger partial charge in [0.05, 0.1) is 11.4 Å². The lowest BCUT2D eigenvalue weighted by Gasteiger charge is -2.37. The molecule has 1 aliphatic rings. The Hall–Kier alpha value is -3.91. The molecule has 1 aromatic carbocycles. The predicted molar refractivity (Wildman–Crippen MR) is 134 cm³/mol. The van der Waals surface area contributed by atoms with Gasteiger partial charge in [-0.3, -0.25) is 18.9 Å². The minimum Gasteiger partial charge on any atom is -0.352 e. The van der Waals surface area contributed by atoms with E-state index in [1.54, 1.807) is 18.5 Å². The Balaban J connectivity index is 1.32. The first-order valence-electron chi connectivity index (χ1n) is 11.6. The highest BCUT2D eigenvalue weighted by Crippen LogP contribution is 2.27. The number of hydrogen-bond donors (Lipinski definition) is 2. The number of rotatable bonds is 5. The molecule has 4 heterocycles. The Bertz CT molecular complexity index is 1360. The van der Waals surface area contributed by atoms with Gasteiger partial charge in [-0.15, -0.1) is 0 Å². The molecule has 1 saturated heterocycles. The Labute approximate surface area is 197 Å². The van der Waals surface area contributed by atoms with E-state index in [2.05, 4.69) is 34.0 Å². The number of nitrogens with zero attached hydrogens (tertiary/aromatic N) is 4. The second-order valence-electron chi connectivity index (χ2n) is 8.82. The number of piperazine rings is 1. The van der Waals surface area contributed by atoms with Crippen LogP contribution in [0.5, 0.6) is 0 Å². The number of aromatic amines is 1. The van der Waals surface area contributed by atoms with Crippen LogP contribution in [0, 0.1) is 0 Å². The van der Waals surface area contributed by atoms with Gasteiger partial charge in [0.1, 0.15) is 0 Å². The third kappa shape index (κ3) is 4.32. The van der Waals surface area contributed by atoms with Crippen molar-refractivity contribution in [2.45, 2.75) is 19.9 Å². The lowest BCUT2D eigenvalue weighted by molar-refractivity contribution is 0.0595. The summed E-state index contributed by atoms with van der Waals surface area (Å²) in [6.45, 7) is 7.73. The van der Waals surface area contributed by atoms with Crippen LogP contribution in [0.3, 0.4) is 0 Å². The zero-order valence-electron chi connectivity index (χ0n) is 19.4. The first-order chi connectivity index (χ1) is 16.5. The normalized spacial score (nSPS) is 14.6. The lowest BCUT2D eigenvalue weighted by Crippen LogP contribution is -2.50. The highest BCUT2D eigenvalue weighted by molar-refractivity contribution is 5.94. The average Bonchev–Trinajstić information content (AvgIpc) is 3.35. The zero-order chi connectivity index (χ0) is 23.7. The van der Waals surface area contributed by atoms with Gasteiger partial charge in [-0.25, -0.2) is 4.98 Å². The van der Waals surface area contributed by atoms with Crippen molar-refractivity contribution in [3.05, 3.63) is 83.0 Å². The van der Waals surface area contributed by atoms with Gasteiger partial charge < -0.3 is 15.2 Å². The Kier molecular flexibility index (Phi) is 5.90. The molecule has 0 saturated carbocycles. The number of imidazole rings is 1. The van der Waals surface area contributed by atoms with Crippen LogP contribution in [0.15, 0.2) is 71.9 Å². The fourth-order valence-corrected chi connectivity index (χ4v) is 4.43. The molecule has 2 N–H and O–H groups in total. The number of nitrogens with one attached hydrogen (secondary N) is 2. The van der Waals surface area contributed by atoms with Crippen molar-refractivity contribution >= 4 is 22.9 Å². The number of aromatic nitrogens is 3. The van der Waals surface area contributed by atoms with Crippen molar-refractivity contribution in [1.82, 2.24) is 24.2 Å². The zero-order valence-corrected chi connectivity index (χ0v) is 19.4. The van der Waals surface area contributed by atoms with Gasteiger partial charge >= 0.3 is 0 Å². The van der Waals surface area contributed by atoms with Gasteiger partial charge in [-0.05, 0) is 56.3 Å². The summed E-state index contributed by atoms with van der Waals surface area (Å²) in [5.41, 5.74) is 4.69. The van der Waals surface area contributed by atoms with Crippen LogP contribution in [0.1, 0.15) is 24.2 Å². The van der Waals surface area contributed by atoms with Gasteiger partial charge in [0.25, 0.3) is 5.91 Å². The number of fused-ring (bicyclic) bond motifs is 1. The number of H-pyrrole nitrogens is 1. The summed E-state index contributed by atoms with van der Waals surface area (Å²) < 4.78 is 1.95. The molecule has 3 aromatic heterocycles. The predicted octanol–water partition coefficient (Wildman–Crippen LogP) is 3.60. The maximum Gasteiger partial charge on any atom is 0.253 e. The van der Waals surface area contributed by atoms with E-state index >= 15 is 0 Å². The van der Waals surface area contributed by atoms with Crippen LogP contribution < -0.4 is 10.9 Å². The van der Waals surface area contributed by atoms with Gasteiger partial charge in [-0.1, -0.05) is 0 Å². The van der Waals surface area contributed by atoms with Crippen molar-refractivity contribution in [2.24, 2.45) is 0 Å². The molecule has 34 heavy (non-hydrogen) atoms. The molecule has 0 aliphatic carbocycles. The molecule has 0 radical (unpaired) electrons. The minimum atomic E-state index is -0.149. The van der Waals surface area contributed by atoms with Crippen molar-refractivity contribution < 1.29 is 4.79 Å². The van der Waals surface area contributed by atoms with E-state index in [0.717, 1.165) is 54.5 Å². The second kappa shape index (κ2) is 9.15. The van der Waals surface area contributed by atoms with Gasteiger partial charge in [0, 0.05) is 73.7 Å². The number of carbonyl (C=O) groups excluding carboxylic acids is 1. The summed E-state index contributed by atoms with van der Waals surface area (Å²) in [6, 6.07) is 15.4. The summed E-state index contributed by atoms with van der Waals surface area (Å²) in [5.74, 6) is 0.0767. The van der Waals surface area contributed by atoms with E-state index in [9.17, 15) is 9.59 Å². The van der Waals surface area contributed by atoms with Crippen molar-refractivity contribution in [3.8, 4) is 11.3 Å². The summed E-state index contributed by atoms with van der Waals surface area (Å²) in [5, 5.41) is 3.40. The van der Waals surface area contributed by atoms with E-state index in [-0.39, 0.29) is 11.5 Å². The topological polar surface area (TPSA) is 85.7 Å². The molecule has 4 aromatic rings. The number of hydrogen-bond acceptors (Lipinski definition) is 5. The summed E-state index contributed by atoms with van der Waals surface area (Å²) in [4.78, 5) is 36.1. The number of amides is 1. The van der Waals surface area contributed by atoms with E-state index < -0.39 is 0 Å². The molecule has 8 nitrogen and oxygen atoms in total. The Morgan fingerprint density at radius 1 is 1.03 bits per heavy atom. The fraction of sp³-hybridized carbons (Fsp3) is 0.269. The van der Waals surface area contributed by atoms with Gasteiger partial charge in [-0.2, -0.15) is 0 Å². The van der Waals surface area contributed by atoms with Gasteiger partial charge in [0.15, 0.2) is 5.65 Å². The molecular formula is C26H28N6O2. The maximum atomic E-state index is 12.9. The minimum absolute atomic E-state index is 0.0767. The second-order valence-corrected chi connectivity index (χ2v) is 8.82. The monoisotopic (exact) mass is 456 g/mol. The fourth-order valence-electron chi connectivity index (χ4n) is 4.43. The van der Waals surface area contributed by atoms with E-state index in [1.807, 2.05) is 58.0 Å². The maximum absolute atomic E-state index is 12.9. The highest BCUT2D eigenvalue weighted by atomic mass is 16.2. The molecule has 1 fully saturated rings. The molecule has 0 bridgehead atoms. The molecule has 174 valence electrons. The molecule has 0 atom stereocenters. The van der Waals surface area contributed by atoms with Crippen LogP contribution in [0.4, 0.5) is 11.4 Å². The number of pyridine rings is 2. The Morgan fingerprint density at radius 2 is 1.79 bits per heavy atom. The van der Waals surface area contributed by atoms with Crippen molar-refractivity contribution in [3.63, 3.8) is 0 Å². The smallest absolute Gasteiger partial charge is 0.253 e. The largest absolute Gasteiger partial charge is 0.352 e. The molecular weight excluding hydrogens is 428 g/mol. The van der Waals surface area contributed by atoms with Crippen LogP contribution in [-0.2, 0) is 0 Å². The summed E-state index contributed by atoms with van der Waals surface area (Å²) in [7, 11) is 0. The molecule has 8 heteroatoms. The molecule has 1 amide bonds. The van der Waals surface area contributed by atoms with E-state index in [1.165, 1.54) is 0 Å². The van der Waals surface area contributed by atoms with Crippen LogP contribution >= 0.6 is 0 Å². The van der Waals surface area contributed by atoms with E-state index in [4.69, 9.17) is 0 Å². The third-order valence-electron chi connectivity index (χ3n) is 6.36. The van der Waals surface area contributed by atoms with Gasteiger partial charge in [0.2, 0.25) is 5.56 Å². The number of carbonyl (C=O) groups is 1. The van der Waals surface area contributed by atoms with Crippen LogP contribution in [0.2, 0.25) is 0 Å². The quantitative estimate of drug-likeness (QED) is 0.479. The van der Waals surface area contributed by atoms with Crippen LogP contribution in [0.25, 0.3) is 16.9 Å². The first-order valence-corrected chi connectivity index (χ1v) is 11.6. The third-order valence-corrected chi connectivity index (χ3v) is 6.36. The lowest BCUT2D eigenvalue weighted by atomic mass is 10.1. The standard InChI is InChI=1S/C26H28N6O2/c1-18(2)30-13-15-31(16-14-30)26(34)19-3-5-21(6-4-19)29-22-7-8-23(32-12-11-28-25(22)32)20-9-10-27-24(33)17-20/h3-12,17-18,29H,13-16H2,1-2H3,(H,27,33). The molecule has 5 rings (SSSR count). The number of anilines is 2. The molecule has 0 unspecified atom stereocenters. The number of benzene rings is 1. The molecule has 0 spiro atoms. The van der Waals surface area contributed by atoms with Crippen molar-refractivity contribution in [2.75, 3.05) is 31.5 Å². The Morgan fingerprint density at radius 3 is 2.50 bits per heavy atom. The van der Waals surface area contributed by atoms with Crippen molar-refractivity contribution in [1.29, 1.82) is 0 Å². The van der Waals surface area contributed by atoms with E-state index in [0.29, 0.717) is 11.6 Å². The van der Waals surface area contributed by atoms with Crippen LogP contribution in [-0.4, -0.2) is 62.3 Å². The average molecular weight is 457 g/mol. The summed E-state index contributed by atoms with van der Waals surface area (Å²) in [6.07, 6.45) is 5.25. The first kappa shape index (κ1) is 21.9. The molecule has 1 aliphatic heterocycles. The summed E-state index contributed by atoms with van der Waals surface area (Å²) >= 11 is 0.